The van der Waals surface area contributed by atoms with Crippen molar-refractivity contribution in [2.75, 3.05) is 37.3 Å². The van der Waals surface area contributed by atoms with Crippen molar-refractivity contribution in [2.45, 2.75) is 16.2 Å². The number of hydrogen-bond donors (Lipinski definition) is 0. The van der Waals surface area contributed by atoms with Gasteiger partial charge in [-0.15, -0.1) is 0 Å². The van der Waals surface area contributed by atoms with Crippen molar-refractivity contribution >= 4 is 25.7 Å². The van der Waals surface area contributed by atoms with E-state index >= 15 is 0 Å². The fourth-order valence-electron chi connectivity index (χ4n) is 2.92. The van der Waals surface area contributed by atoms with E-state index < -0.39 is 19.9 Å². The molecule has 7 nitrogen and oxygen atoms in total. The quantitative estimate of drug-likeness (QED) is 0.777. The normalized spacial score (nSPS) is 17.0. The molecule has 1 aromatic carbocycles. The monoisotopic (exact) mass is 395 g/mol. The Morgan fingerprint density at radius 2 is 1.65 bits per heavy atom. The first-order valence-corrected chi connectivity index (χ1v) is 11.6. The molecule has 0 N–H and O–H groups in total. The predicted molar refractivity (Wildman–Crippen MR) is 99.4 cm³/mol. The van der Waals surface area contributed by atoms with Crippen LogP contribution in [0.3, 0.4) is 0 Å². The first-order valence-electron chi connectivity index (χ1n) is 8.25. The van der Waals surface area contributed by atoms with Gasteiger partial charge in [-0.05, 0) is 36.8 Å². The summed E-state index contributed by atoms with van der Waals surface area (Å²) in [6, 6.07) is 11.2. The molecule has 140 valence electrons. The smallest absolute Gasteiger partial charge is 0.243 e. The number of sulfone groups is 1. The molecule has 2 heterocycles. The molecule has 9 heteroatoms. The highest BCUT2D eigenvalue weighted by Crippen LogP contribution is 2.22. The predicted octanol–water partition coefficient (Wildman–Crippen LogP) is 1.39. The average Bonchev–Trinajstić information content (AvgIpc) is 2.88. The van der Waals surface area contributed by atoms with Crippen LogP contribution in [0, 0.1) is 0 Å². The number of anilines is 1. The molecule has 1 aliphatic rings. The van der Waals surface area contributed by atoms with Gasteiger partial charge in [0.05, 0.1) is 9.79 Å². The summed E-state index contributed by atoms with van der Waals surface area (Å²) in [5, 5.41) is 0. The Morgan fingerprint density at radius 3 is 2.35 bits per heavy atom. The number of rotatable bonds is 4. The zero-order chi connectivity index (χ0) is 18.8. The standard InChI is InChI=1S/C17H21N3O4S2/c1-25(21,22)15-6-4-7-16(14-15)26(23,24)20-11-5-10-19(12-13-20)17-8-2-3-9-18-17/h2-4,6-9,14H,5,10-13H2,1H3. The van der Waals surface area contributed by atoms with Gasteiger partial charge in [-0.2, -0.15) is 4.31 Å². The number of aromatic nitrogens is 1. The minimum absolute atomic E-state index is 0.00325. The summed E-state index contributed by atoms with van der Waals surface area (Å²) < 4.78 is 50.8. The molecular weight excluding hydrogens is 374 g/mol. The molecule has 3 rings (SSSR count). The van der Waals surface area contributed by atoms with Crippen molar-refractivity contribution in [3.05, 3.63) is 48.7 Å². The van der Waals surface area contributed by atoms with Crippen molar-refractivity contribution < 1.29 is 16.8 Å². The first kappa shape index (κ1) is 18.8. The van der Waals surface area contributed by atoms with Crippen LogP contribution in [-0.2, 0) is 19.9 Å². The van der Waals surface area contributed by atoms with Crippen molar-refractivity contribution in [3.8, 4) is 0 Å². The Balaban J connectivity index is 1.82. The summed E-state index contributed by atoms with van der Waals surface area (Å²) in [5.74, 6) is 0.825. The maximum atomic E-state index is 13.0. The maximum Gasteiger partial charge on any atom is 0.243 e. The van der Waals surface area contributed by atoms with Crippen molar-refractivity contribution in [1.29, 1.82) is 0 Å². The molecular formula is C17H21N3O4S2. The van der Waals surface area contributed by atoms with Crippen LogP contribution in [0.4, 0.5) is 5.82 Å². The third-order valence-corrected chi connectivity index (χ3v) is 7.30. The fraction of sp³-hybridized carbons (Fsp3) is 0.353. The van der Waals surface area contributed by atoms with Crippen LogP contribution < -0.4 is 4.90 Å². The Hall–Kier alpha value is -1.97. The van der Waals surface area contributed by atoms with Crippen LogP contribution in [0.2, 0.25) is 0 Å². The molecule has 0 unspecified atom stereocenters. The van der Waals surface area contributed by atoms with Gasteiger partial charge in [-0.1, -0.05) is 12.1 Å². The van der Waals surface area contributed by atoms with Crippen molar-refractivity contribution in [1.82, 2.24) is 9.29 Å². The van der Waals surface area contributed by atoms with Gasteiger partial charge in [0, 0.05) is 38.6 Å². The van der Waals surface area contributed by atoms with Crippen LogP contribution in [0.5, 0.6) is 0 Å². The van der Waals surface area contributed by atoms with Crippen LogP contribution in [0.1, 0.15) is 6.42 Å². The van der Waals surface area contributed by atoms with Gasteiger partial charge in [-0.25, -0.2) is 21.8 Å². The molecule has 0 aliphatic carbocycles. The summed E-state index contributed by atoms with van der Waals surface area (Å²) in [6.45, 7) is 1.95. The third-order valence-electron chi connectivity index (χ3n) is 4.30. The molecule has 0 bridgehead atoms. The van der Waals surface area contributed by atoms with E-state index in [9.17, 15) is 16.8 Å². The number of pyridine rings is 1. The minimum Gasteiger partial charge on any atom is -0.355 e. The number of nitrogens with zero attached hydrogens (tertiary/aromatic N) is 3. The second kappa shape index (κ2) is 7.34. The Kier molecular flexibility index (Phi) is 5.31. The summed E-state index contributed by atoms with van der Waals surface area (Å²) in [5.41, 5.74) is 0. The molecule has 1 aromatic heterocycles. The average molecular weight is 396 g/mol. The zero-order valence-electron chi connectivity index (χ0n) is 14.4. The van der Waals surface area contributed by atoms with E-state index in [1.165, 1.54) is 28.6 Å². The molecule has 1 fully saturated rings. The SMILES string of the molecule is CS(=O)(=O)c1cccc(S(=O)(=O)N2CCCN(c3ccccn3)CC2)c1. The van der Waals surface area contributed by atoms with Gasteiger partial charge in [0.15, 0.2) is 9.84 Å². The topological polar surface area (TPSA) is 87.6 Å². The fourth-order valence-corrected chi connectivity index (χ4v) is 5.18. The highest BCUT2D eigenvalue weighted by molar-refractivity contribution is 7.91. The lowest BCUT2D eigenvalue weighted by Crippen LogP contribution is -2.35. The largest absolute Gasteiger partial charge is 0.355 e. The molecule has 1 aliphatic heterocycles. The Labute approximate surface area is 154 Å². The highest BCUT2D eigenvalue weighted by atomic mass is 32.2. The van der Waals surface area contributed by atoms with Gasteiger partial charge in [0.2, 0.25) is 10.0 Å². The first-order chi connectivity index (χ1) is 12.3. The van der Waals surface area contributed by atoms with Crippen LogP contribution in [-0.4, -0.2) is 58.6 Å². The van der Waals surface area contributed by atoms with Gasteiger partial charge < -0.3 is 4.90 Å². The number of benzene rings is 1. The van der Waals surface area contributed by atoms with Crippen molar-refractivity contribution in [3.63, 3.8) is 0 Å². The summed E-state index contributed by atoms with van der Waals surface area (Å²) in [6.07, 6.45) is 3.45. The number of hydrogen-bond acceptors (Lipinski definition) is 6. The van der Waals surface area contributed by atoms with Crippen LogP contribution >= 0.6 is 0 Å². The van der Waals surface area contributed by atoms with Gasteiger partial charge in [0.25, 0.3) is 0 Å². The summed E-state index contributed by atoms with van der Waals surface area (Å²) in [7, 11) is -7.22. The lowest BCUT2D eigenvalue weighted by molar-refractivity contribution is 0.433. The van der Waals surface area contributed by atoms with E-state index in [-0.39, 0.29) is 9.79 Å². The van der Waals surface area contributed by atoms with E-state index in [4.69, 9.17) is 0 Å². The van der Waals surface area contributed by atoms with Crippen molar-refractivity contribution in [2.24, 2.45) is 0 Å². The maximum absolute atomic E-state index is 13.0. The summed E-state index contributed by atoms with van der Waals surface area (Å²) in [4.78, 5) is 6.39. The Bertz CT molecular complexity index is 976. The van der Waals surface area contributed by atoms with E-state index in [0.29, 0.717) is 32.6 Å². The molecule has 0 saturated carbocycles. The van der Waals surface area contributed by atoms with Gasteiger partial charge >= 0.3 is 0 Å². The molecule has 2 aromatic rings. The van der Waals surface area contributed by atoms with E-state index in [0.717, 1.165) is 12.1 Å². The van der Waals surface area contributed by atoms with Crippen LogP contribution in [0.15, 0.2) is 58.5 Å². The number of sulfonamides is 1. The molecule has 1 saturated heterocycles. The second-order valence-electron chi connectivity index (χ2n) is 6.18. The van der Waals surface area contributed by atoms with Crippen LogP contribution in [0.25, 0.3) is 0 Å². The molecule has 0 radical (unpaired) electrons. The third kappa shape index (κ3) is 4.05. The lowest BCUT2D eigenvalue weighted by atomic mass is 10.3. The molecule has 0 spiro atoms. The van der Waals surface area contributed by atoms with E-state index in [2.05, 4.69) is 9.88 Å². The molecule has 0 amide bonds. The second-order valence-corrected chi connectivity index (χ2v) is 10.1. The highest BCUT2D eigenvalue weighted by Gasteiger charge is 2.28. The minimum atomic E-state index is -3.75. The molecule has 26 heavy (non-hydrogen) atoms. The Morgan fingerprint density at radius 1 is 0.885 bits per heavy atom. The van der Waals surface area contributed by atoms with E-state index in [1.807, 2.05) is 18.2 Å². The van der Waals surface area contributed by atoms with E-state index in [1.54, 1.807) is 6.20 Å². The van der Waals surface area contributed by atoms with Gasteiger partial charge in [0.1, 0.15) is 5.82 Å². The zero-order valence-corrected chi connectivity index (χ0v) is 16.1. The van der Waals surface area contributed by atoms with Gasteiger partial charge in [-0.3, -0.25) is 0 Å². The summed E-state index contributed by atoms with van der Waals surface area (Å²) >= 11 is 0. The molecule has 0 atom stereocenters. The lowest BCUT2D eigenvalue weighted by Gasteiger charge is -2.22.